The Morgan fingerprint density at radius 3 is 2.58 bits per heavy atom. The molecule has 0 spiro atoms. The summed E-state index contributed by atoms with van der Waals surface area (Å²) in [7, 11) is -3.79. The number of hydrogen-bond donors (Lipinski definition) is 2. The van der Waals surface area contributed by atoms with Crippen LogP contribution in [-0.4, -0.2) is 25.0 Å². The molecule has 4 rings (SSSR count). The molecule has 2 N–H and O–H groups in total. The number of hydrogen-bond acceptors (Lipinski definition) is 6. The summed E-state index contributed by atoms with van der Waals surface area (Å²) in [5.41, 5.74) is 2.64. The van der Waals surface area contributed by atoms with E-state index < -0.39 is 15.9 Å². The van der Waals surface area contributed by atoms with Crippen molar-refractivity contribution < 1.29 is 17.6 Å². The minimum absolute atomic E-state index is 0.130. The molecule has 0 saturated heterocycles. The molecular weight excluding hydrogens is 416 g/mol. The maximum Gasteiger partial charge on any atom is 0.292 e. The fraction of sp³-hybridized carbons (Fsp3) is 0.227. The van der Waals surface area contributed by atoms with Gasteiger partial charge in [0.15, 0.2) is 5.76 Å². The quantitative estimate of drug-likeness (QED) is 0.591. The van der Waals surface area contributed by atoms with E-state index in [-0.39, 0.29) is 10.7 Å². The van der Waals surface area contributed by atoms with Crippen LogP contribution in [0.3, 0.4) is 0 Å². The number of nitrogens with one attached hydrogen (secondary N) is 2. The van der Waals surface area contributed by atoms with E-state index in [2.05, 4.69) is 20.2 Å². The molecule has 1 aliphatic rings. The fourth-order valence-corrected chi connectivity index (χ4v) is 4.40. The summed E-state index contributed by atoms with van der Waals surface area (Å²) < 4.78 is 30.9. The number of benzene rings is 1. The van der Waals surface area contributed by atoms with Crippen LogP contribution in [0.15, 0.2) is 62.9 Å². The first-order valence-electron chi connectivity index (χ1n) is 9.86. The smallest absolute Gasteiger partial charge is 0.292 e. The van der Waals surface area contributed by atoms with Gasteiger partial charge in [-0.05, 0) is 51.0 Å². The van der Waals surface area contributed by atoms with Crippen LogP contribution in [0.4, 0.5) is 5.82 Å². The highest BCUT2D eigenvalue weighted by Gasteiger charge is 2.28. The molecule has 1 aliphatic carbocycles. The number of hydrazone groups is 1. The second-order valence-electron chi connectivity index (χ2n) is 7.29. The lowest BCUT2D eigenvalue weighted by Gasteiger charge is -2.14. The molecule has 3 aromatic rings. The summed E-state index contributed by atoms with van der Waals surface area (Å²) in [6, 6.07) is 13.4. The predicted molar refractivity (Wildman–Crippen MR) is 117 cm³/mol. The Morgan fingerprint density at radius 2 is 1.84 bits per heavy atom. The van der Waals surface area contributed by atoms with Gasteiger partial charge in [0, 0.05) is 23.2 Å². The maximum atomic E-state index is 12.8. The molecule has 160 valence electrons. The van der Waals surface area contributed by atoms with Gasteiger partial charge in [-0.25, -0.2) is 4.98 Å². The normalized spacial score (nSPS) is 14.8. The maximum absolute atomic E-state index is 12.8. The number of fused-ring (bicyclic) bond motifs is 1. The highest BCUT2D eigenvalue weighted by molar-refractivity contribution is 7.89. The SMILES string of the molecule is Cc1cccc(NC(=O)c2oc3c(c2C)/C(=N/NS(=O)(=O)c2ccccc2)CCC3)n1. The number of sulfonamides is 1. The lowest BCUT2D eigenvalue weighted by atomic mass is 9.93. The fourth-order valence-electron chi connectivity index (χ4n) is 3.55. The lowest BCUT2D eigenvalue weighted by Crippen LogP contribution is -2.22. The van der Waals surface area contributed by atoms with Crippen LogP contribution in [0.5, 0.6) is 0 Å². The van der Waals surface area contributed by atoms with Gasteiger partial charge < -0.3 is 9.73 Å². The number of carbonyl (C=O) groups excluding carboxylic acids is 1. The Hall–Kier alpha value is -3.46. The number of aryl methyl sites for hydroxylation is 2. The molecule has 2 heterocycles. The first kappa shape index (κ1) is 20.8. The Bertz CT molecular complexity index is 1260. The number of carbonyl (C=O) groups is 1. The zero-order valence-electron chi connectivity index (χ0n) is 17.2. The van der Waals surface area contributed by atoms with E-state index in [4.69, 9.17) is 4.42 Å². The van der Waals surface area contributed by atoms with Crippen LogP contribution in [-0.2, 0) is 16.4 Å². The number of pyridine rings is 1. The minimum Gasteiger partial charge on any atom is -0.455 e. The van der Waals surface area contributed by atoms with E-state index in [0.29, 0.717) is 41.3 Å². The molecular formula is C22H22N4O4S. The first-order chi connectivity index (χ1) is 14.8. The zero-order chi connectivity index (χ0) is 22.0. The molecule has 2 aromatic heterocycles. The van der Waals surface area contributed by atoms with Crippen LogP contribution < -0.4 is 10.1 Å². The topological polar surface area (TPSA) is 114 Å². The number of furan rings is 1. The van der Waals surface area contributed by atoms with Gasteiger partial charge in [-0.3, -0.25) is 4.79 Å². The Kier molecular flexibility index (Phi) is 5.60. The van der Waals surface area contributed by atoms with Crippen molar-refractivity contribution in [1.29, 1.82) is 0 Å². The average molecular weight is 439 g/mol. The second-order valence-corrected chi connectivity index (χ2v) is 8.95. The lowest BCUT2D eigenvalue weighted by molar-refractivity contribution is 0.0993. The van der Waals surface area contributed by atoms with E-state index in [1.807, 2.05) is 19.1 Å². The molecule has 0 fully saturated rings. The number of rotatable bonds is 5. The average Bonchev–Trinajstić information content (AvgIpc) is 3.10. The molecule has 8 nitrogen and oxygen atoms in total. The van der Waals surface area contributed by atoms with Gasteiger partial charge in [-0.15, -0.1) is 0 Å². The molecule has 9 heteroatoms. The number of nitrogens with zero attached hydrogens (tertiary/aromatic N) is 2. The first-order valence-corrected chi connectivity index (χ1v) is 11.3. The van der Waals surface area contributed by atoms with E-state index in [1.54, 1.807) is 31.2 Å². The van der Waals surface area contributed by atoms with Crippen molar-refractivity contribution in [3.05, 3.63) is 76.9 Å². The highest BCUT2D eigenvalue weighted by Crippen LogP contribution is 2.30. The molecule has 0 unspecified atom stereocenters. The predicted octanol–water partition coefficient (Wildman–Crippen LogP) is 3.56. The Morgan fingerprint density at radius 1 is 1.06 bits per heavy atom. The third kappa shape index (κ3) is 4.36. The molecule has 0 radical (unpaired) electrons. The third-order valence-electron chi connectivity index (χ3n) is 5.02. The van der Waals surface area contributed by atoms with Crippen molar-refractivity contribution in [2.45, 2.75) is 38.0 Å². The van der Waals surface area contributed by atoms with Crippen molar-refractivity contribution in [1.82, 2.24) is 9.82 Å². The zero-order valence-corrected chi connectivity index (χ0v) is 18.0. The van der Waals surface area contributed by atoms with Crippen molar-refractivity contribution >= 4 is 27.5 Å². The molecule has 1 aromatic carbocycles. The van der Waals surface area contributed by atoms with Crippen molar-refractivity contribution in [3.8, 4) is 0 Å². The number of aromatic nitrogens is 1. The van der Waals surface area contributed by atoms with Crippen LogP contribution in [0.1, 0.15) is 46.0 Å². The van der Waals surface area contributed by atoms with Crippen LogP contribution in [0, 0.1) is 13.8 Å². The Balaban J connectivity index is 1.61. The van der Waals surface area contributed by atoms with Crippen molar-refractivity contribution in [3.63, 3.8) is 0 Å². The van der Waals surface area contributed by atoms with Crippen molar-refractivity contribution in [2.24, 2.45) is 5.10 Å². The van der Waals surface area contributed by atoms with E-state index in [0.717, 1.165) is 12.1 Å². The van der Waals surface area contributed by atoms with E-state index in [1.165, 1.54) is 12.1 Å². The molecule has 0 bridgehead atoms. The van der Waals surface area contributed by atoms with Crippen molar-refractivity contribution in [2.75, 3.05) is 5.32 Å². The molecule has 0 saturated carbocycles. The van der Waals surface area contributed by atoms with Gasteiger partial charge in [0.05, 0.1) is 10.6 Å². The Labute approximate surface area is 180 Å². The standard InChI is InChI=1S/C22H22N4O4S/c1-14-8-6-13-19(23-14)24-22(27)21-15(2)20-17(11-7-12-18(20)30-21)25-26-31(28,29)16-9-4-3-5-10-16/h3-6,8-10,13,26H,7,11-12H2,1-2H3,(H,23,24,27)/b25-17+. The van der Waals surface area contributed by atoms with Gasteiger partial charge in [0.2, 0.25) is 0 Å². The van der Waals surface area contributed by atoms with E-state index >= 15 is 0 Å². The van der Waals surface area contributed by atoms with Gasteiger partial charge in [-0.2, -0.15) is 18.4 Å². The molecule has 1 amide bonds. The summed E-state index contributed by atoms with van der Waals surface area (Å²) in [6.07, 6.45) is 1.97. The summed E-state index contributed by atoms with van der Waals surface area (Å²) in [4.78, 5) is 19.5. The van der Waals surface area contributed by atoms with E-state index in [9.17, 15) is 13.2 Å². The minimum atomic E-state index is -3.79. The summed E-state index contributed by atoms with van der Waals surface area (Å²) in [6.45, 7) is 3.61. The van der Waals surface area contributed by atoms with Crippen LogP contribution in [0.2, 0.25) is 0 Å². The molecule has 31 heavy (non-hydrogen) atoms. The third-order valence-corrected chi connectivity index (χ3v) is 6.24. The summed E-state index contributed by atoms with van der Waals surface area (Å²) in [5, 5.41) is 6.92. The van der Waals surface area contributed by atoms with Gasteiger partial charge in [0.25, 0.3) is 15.9 Å². The monoisotopic (exact) mass is 438 g/mol. The highest BCUT2D eigenvalue weighted by atomic mass is 32.2. The van der Waals surface area contributed by atoms with Gasteiger partial charge in [0.1, 0.15) is 11.6 Å². The number of anilines is 1. The van der Waals surface area contributed by atoms with Gasteiger partial charge in [-0.1, -0.05) is 24.3 Å². The molecule has 0 aliphatic heterocycles. The number of amides is 1. The van der Waals surface area contributed by atoms with Crippen LogP contribution >= 0.6 is 0 Å². The van der Waals surface area contributed by atoms with Crippen LogP contribution in [0.25, 0.3) is 0 Å². The largest absolute Gasteiger partial charge is 0.455 e. The summed E-state index contributed by atoms with van der Waals surface area (Å²) in [5.74, 6) is 0.829. The molecule has 0 atom stereocenters. The van der Waals surface area contributed by atoms with Gasteiger partial charge >= 0.3 is 0 Å². The summed E-state index contributed by atoms with van der Waals surface area (Å²) >= 11 is 0. The second kappa shape index (κ2) is 8.35.